The second-order valence-electron chi connectivity index (χ2n) is 7.02. The predicted molar refractivity (Wildman–Crippen MR) is 87.8 cm³/mol. The molecule has 0 fully saturated rings. The van der Waals surface area contributed by atoms with Gasteiger partial charge < -0.3 is 10.4 Å². The van der Waals surface area contributed by atoms with Crippen molar-refractivity contribution in [3.8, 4) is 0 Å². The number of aryl methyl sites for hydroxylation is 1. The first kappa shape index (κ1) is 18.1. The van der Waals surface area contributed by atoms with E-state index in [9.17, 15) is 9.90 Å². The lowest BCUT2D eigenvalue weighted by Crippen LogP contribution is -2.35. The van der Waals surface area contributed by atoms with Gasteiger partial charge in [-0.3, -0.25) is 4.79 Å². The molecule has 0 aromatic carbocycles. The van der Waals surface area contributed by atoms with Crippen LogP contribution in [0.4, 0.5) is 0 Å². The summed E-state index contributed by atoms with van der Waals surface area (Å²) in [5.74, 6) is 0.482. The molecule has 5 heteroatoms. The van der Waals surface area contributed by atoms with Crippen molar-refractivity contribution in [2.45, 2.75) is 60.5 Å². The zero-order valence-corrected chi connectivity index (χ0v) is 14.8. The lowest BCUT2D eigenvalue weighted by atomic mass is 9.87. The third kappa shape index (κ3) is 6.14. The predicted octanol–water partition coefficient (Wildman–Crippen LogP) is 3.18. The van der Waals surface area contributed by atoms with E-state index in [1.807, 2.05) is 20.8 Å². The normalized spacial score (nSPS) is 13.5. The largest absolute Gasteiger partial charge is 0.393 e. The van der Waals surface area contributed by atoms with Gasteiger partial charge in [-0.15, -0.1) is 11.3 Å². The van der Waals surface area contributed by atoms with E-state index < -0.39 is 0 Å². The van der Waals surface area contributed by atoms with Gasteiger partial charge in [-0.2, -0.15) is 0 Å². The van der Waals surface area contributed by atoms with Crippen molar-refractivity contribution in [1.29, 1.82) is 0 Å². The van der Waals surface area contributed by atoms with Gasteiger partial charge in [-0.1, -0.05) is 27.7 Å². The fraction of sp³-hybridized carbons (Fsp3) is 0.750. The van der Waals surface area contributed by atoms with Crippen LogP contribution in [0.3, 0.4) is 0 Å². The molecule has 0 saturated carbocycles. The third-order valence-electron chi connectivity index (χ3n) is 3.21. The van der Waals surface area contributed by atoms with E-state index in [0.29, 0.717) is 23.8 Å². The average Bonchev–Trinajstić information content (AvgIpc) is 2.64. The minimum absolute atomic E-state index is 0.0568. The Morgan fingerprint density at radius 3 is 2.52 bits per heavy atom. The van der Waals surface area contributed by atoms with E-state index >= 15 is 0 Å². The molecule has 1 aromatic rings. The van der Waals surface area contributed by atoms with E-state index in [4.69, 9.17) is 0 Å². The highest BCUT2D eigenvalue weighted by atomic mass is 32.1. The van der Waals surface area contributed by atoms with E-state index in [0.717, 1.165) is 17.1 Å². The Morgan fingerprint density at radius 2 is 2.00 bits per heavy atom. The van der Waals surface area contributed by atoms with E-state index in [1.54, 1.807) is 6.92 Å². The Balaban J connectivity index is 2.65. The van der Waals surface area contributed by atoms with Crippen molar-refractivity contribution in [3.63, 3.8) is 0 Å². The molecule has 0 aliphatic rings. The van der Waals surface area contributed by atoms with Crippen LogP contribution in [0.25, 0.3) is 0 Å². The molecule has 21 heavy (non-hydrogen) atoms. The molecule has 0 bridgehead atoms. The summed E-state index contributed by atoms with van der Waals surface area (Å²) in [7, 11) is 0. The van der Waals surface area contributed by atoms with Crippen LogP contribution < -0.4 is 5.32 Å². The number of nitrogens with one attached hydrogen (secondary N) is 1. The molecule has 1 unspecified atom stereocenters. The van der Waals surface area contributed by atoms with Gasteiger partial charge in [0.1, 0.15) is 4.88 Å². The number of hydrogen-bond acceptors (Lipinski definition) is 4. The molecule has 0 spiro atoms. The Hall–Kier alpha value is -0.940. The summed E-state index contributed by atoms with van der Waals surface area (Å²) >= 11 is 1.49. The van der Waals surface area contributed by atoms with Gasteiger partial charge >= 0.3 is 0 Å². The number of carbonyl (C=O) groups excluding carboxylic acids is 1. The molecule has 2 N–H and O–H groups in total. The molecule has 0 radical (unpaired) electrons. The summed E-state index contributed by atoms with van der Waals surface area (Å²) in [6.07, 6.45) is 1.21. The van der Waals surface area contributed by atoms with Gasteiger partial charge in [0.2, 0.25) is 0 Å². The van der Waals surface area contributed by atoms with Crippen molar-refractivity contribution in [3.05, 3.63) is 15.6 Å². The van der Waals surface area contributed by atoms with E-state index in [1.165, 1.54) is 11.3 Å². The number of thiazole rings is 1. The van der Waals surface area contributed by atoms with Crippen LogP contribution in [-0.4, -0.2) is 28.6 Å². The van der Waals surface area contributed by atoms with Crippen molar-refractivity contribution in [1.82, 2.24) is 10.3 Å². The number of nitrogens with zero attached hydrogens (tertiary/aromatic N) is 1. The summed E-state index contributed by atoms with van der Waals surface area (Å²) in [4.78, 5) is 17.5. The van der Waals surface area contributed by atoms with E-state index in [-0.39, 0.29) is 17.4 Å². The Kier molecular flexibility index (Phi) is 6.35. The first-order valence-corrected chi connectivity index (χ1v) is 8.35. The van der Waals surface area contributed by atoms with Crippen LogP contribution in [0.2, 0.25) is 0 Å². The van der Waals surface area contributed by atoms with E-state index in [2.05, 4.69) is 24.1 Å². The highest BCUT2D eigenvalue weighted by molar-refractivity contribution is 7.13. The summed E-state index contributed by atoms with van der Waals surface area (Å²) < 4.78 is 0. The topological polar surface area (TPSA) is 62.2 Å². The van der Waals surface area contributed by atoms with Crippen LogP contribution >= 0.6 is 11.3 Å². The van der Waals surface area contributed by atoms with Crippen LogP contribution in [0, 0.1) is 18.3 Å². The number of hydrogen-bond donors (Lipinski definition) is 2. The first-order valence-electron chi connectivity index (χ1n) is 7.53. The number of aliphatic hydroxyl groups excluding tert-OH is 1. The van der Waals surface area contributed by atoms with Crippen molar-refractivity contribution in [2.75, 3.05) is 6.54 Å². The Bertz CT molecular complexity index is 479. The molecule has 0 aliphatic carbocycles. The third-order valence-corrected chi connectivity index (χ3v) is 4.38. The summed E-state index contributed by atoms with van der Waals surface area (Å²) in [6, 6.07) is 0. The lowest BCUT2D eigenvalue weighted by Gasteiger charge is -2.26. The number of aliphatic hydroxyl groups is 1. The highest BCUT2D eigenvalue weighted by Gasteiger charge is 2.23. The quantitative estimate of drug-likeness (QED) is 0.813. The van der Waals surface area contributed by atoms with Crippen molar-refractivity contribution in [2.24, 2.45) is 11.3 Å². The van der Waals surface area contributed by atoms with Gasteiger partial charge in [0.15, 0.2) is 0 Å². The zero-order valence-electron chi connectivity index (χ0n) is 14.0. The number of aromatic nitrogens is 1. The molecule has 120 valence electrons. The van der Waals surface area contributed by atoms with Gasteiger partial charge in [-0.05, 0) is 31.6 Å². The Labute approximate surface area is 132 Å². The minimum atomic E-state index is -0.361. The molecule has 0 aliphatic heterocycles. The maximum Gasteiger partial charge on any atom is 0.263 e. The average molecular weight is 312 g/mol. The molecule has 0 saturated heterocycles. The van der Waals surface area contributed by atoms with Gasteiger partial charge in [0, 0.05) is 13.0 Å². The molecular weight excluding hydrogens is 284 g/mol. The standard InChI is InChI=1S/C16H28N2O2S/c1-10(2)7-13-18-12(4)14(21-13)15(20)17-9-16(5,6)8-11(3)19/h10-11,19H,7-9H2,1-6H3,(H,17,20). The van der Waals surface area contributed by atoms with Crippen LogP contribution in [0.1, 0.15) is 61.4 Å². The van der Waals surface area contributed by atoms with Gasteiger partial charge in [0.25, 0.3) is 5.91 Å². The molecular formula is C16H28N2O2S. The number of amides is 1. The minimum Gasteiger partial charge on any atom is -0.393 e. The number of rotatable bonds is 7. The second-order valence-corrected chi connectivity index (χ2v) is 8.10. The molecule has 1 amide bonds. The Morgan fingerprint density at radius 1 is 1.38 bits per heavy atom. The fourth-order valence-electron chi connectivity index (χ4n) is 2.37. The smallest absolute Gasteiger partial charge is 0.263 e. The maximum absolute atomic E-state index is 12.3. The van der Waals surface area contributed by atoms with Crippen LogP contribution in [0.15, 0.2) is 0 Å². The SMILES string of the molecule is Cc1nc(CC(C)C)sc1C(=O)NCC(C)(C)CC(C)O. The van der Waals surface area contributed by atoms with Crippen molar-refractivity contribution < 1.29 is 9.90 Å². The fourth-order valence-corrected chi connectivity index (χ4v) is 3.56. The molecule has 1 rings (SSSR count). The molecule has 4 nitrogen and oxygen atoms in total. The van der Waals surface area contributed by atoms with Gasteiger partial charge in [-0.25, -0.2) is 4.98 Å². The first-order chi connectivity index (χ1) is 9.60. The molecule has 1 heterocycles. The van der Waals surface area contributed by atoms with Gasteiger partial charge in [0.05, 0.1) is 16.8 Å². The van der Waals surface area contributed by atoms with Crippen LogP contribution in [-0.2, 0) is 6.42 Å². The summed E-state index contributed by atoms with van der Waals surface area (Å²) in [6.45, 7) is 12.6. The highest BCUT2D eigenvalue weighted by Crippen LogP contribution is 2.23. The van der Waals surface area contributed by atoms with Crippen molar-refractivity contribution >= 4 is 17.2 Å². The monoisotopic (exact) mass is 312 g/mol. The summed E-state index contributed by atoms with van der Waals surface area (Å²) in [5.41, 5.74) is 0.685. The maximum atomic E-state index is 12.3. The second kappa shape index (κ2) is 7.36. The summed E-state index contributed by atoms with van der Waals surface area (Å²) in [5, 5.41) is 13.5. The zero-order chi connectivity index (χ0) is 16.2. The number of carbonyl (C=O) groups is 1. The van der Waals surface area contributed by atoms with Crippen LogP contribution in [0.5, 0.6) is 0 Å². The molecule has 1 aromatic heterocycles. The molecule has 1 atom stereocenters. The lowest BCUT2D eigenvalue weighted by molar-refractivity contribution is 0.0905.